The third-order valence-electron chi connectivity index (χ3n) is 2.55. The van der Waals surface area contributed by atoms with Gasteiger partial charge in [-0.2, -0.15) is 0 Å². The van der Waals surface area contributed by atoms with Gasteiger partial charge in [-0.05, 0) is 51.8 Å². The SMILES string of the molecule is O=C(O)c1cc(COc2ccc(Cl)cc2Br)ccc1F. The summed E-state index contributed by atoms with van der Waals surface area (Å²) in [4.78, 5) is 10.8. The summed E-state index contributed by atoms with van der Waals surface area (Å²) in [5, 5.41) is 9.42. The number of ether oxygens (including phenoxy) is 1. The maximum Gasteiger partial charge on any atom is 0.338 e. The summed E-state index contributed by atoms with van der Waals surface area (Å²) < 4.78 is 19.5. The van der Waals surface area contributed by atoms with Crippen LogP contribution in [0.15, 0.2) is 40.9 Å². The largest absolute Gasteiger partial charge is 0.488 e. The Morgan fingerprint density at radius 3 is 2.70 bits per heavy atom. The van der Waals surface area contributed by atoms with Crippen molar-refractivity contribution in [2.45, 2.75) is 6.61 Å². The molecule has 104 valence electrons. The molecule has 0 atom stereocenters. The lowest BCUT2D eigenvalue weighted by Gasteiger charge is -2.09. The van der Waals surface area contributed by atoms with Crippen LogP contribution in [0.5, 0.6) is 5.75 Å². The van der Waals surface area contributed by atoms with E-state index in [0.29, 0.717) is 20.8 Å². The first-order valence-corrected chi connectivity index (χ1v) is 6.74. The van der Waals surface area contributed by atoms with Crippen LogP contribution >= 0.6 is 27.5 Å². The van der Waals surface area contributed by atoms with Crippen LogP contribution in [0.25, 0.3) is 0 Å². The van der Waals surface area contributed by atoms with Gasteiger partial charge in [-0.3, -0.25) is 0 Å². The second kappa shape index (κ2) is 6.24. The van der Waals surface area contributed by atoms with Gasteiger partial charge in [0, 0.05) is 5.02 Å². The van der Waals surface area contributed by atoms with Crippen molar-refractivity contribution in [3.8, 4) is 5.75 Å². The summed E-state index contributed by atoms with van der Waals surface area (Å²) in [6.45, 7) is 0.126. The molecule has 0 aromatic heterocycles. The molecule has 0 fully saturated rings. The minimum absolute atomic E-state index is 0.126. The molecule has 1 N–H and O–H groups in total. The van der Waals surface area contributed by atoms with Crippen molar-refractivity contribution < 1.29 is 19.0 Å². The molecule has 2 aromatic rings. The Kier molecular flexibility index (Phi) is 4.62. The maximum atomic E-state index is 13.2. The molecule has 0 unspecified atom stereocenters. The van der Waals surface area contributed by atoms with Crippen LogP contribution in [0.2, 0.25) is 5.02 Å². The van der Waals surface area contributed by atoms with Gasteiger partial charge in [-0.25, -0.2) is 9.18 Å². The molecule has 0 saturated carbocycles. The standard InChI is InChI=1S/C14H9BrClFO3/c15-11-6-9(16)2-4-13(11)20-7-8-1-3-12(17)10(5-8)14(18)19/h1-6H,7H2,(H,18,19). The highest BCUT2D eigenvalue weighted by Gasteiger charge is 2.11. The fourth-order valence-corrected chi connectivity index (χ4v) is 2.38. The van der Waals surface area contributed by atoms with E-state index in [2.05, 4.69) is 15.9 Å². The zero-order valence-corrected chi connectivity index (χ0v) is 12.4. The van der Waals surface area contributed by atoms with Gasteiger partial charge in [-0.15, -0.1) is 0 Å². The van der Waals surface area contributed by atoms with Crippen LogP contribution in [0, 0.1) is 5.82 Å². The molecule has 0 bridgehead atoms. The Balaban J connectivity index is 2.15. The van der Waals surface area contributed by atoms with Gasteiger partial charge in [-0.1, -0.05) is 17.7 Å². The van der Waals surface area contributed by atoms with Crippen LogP contribution in [-0.2, 0) is 6.61 Å². The Morgan fingerprint density at radius 1 is 1.30 bits per heavy atom. The van der Waals surface area contributed by atoms with Crippen LogP contribution in [0.1, 0.15) is 15.9 Å². The molecule has 0 saturated heterocycles. The molecule has 20 heavy (non-hydrogen) atoms. The number of carbonyl (C=O) groups is 1. The highest BCUT2D eigenvalue weighted by Crippen LogP contribution is 2.28. The van der Waals surface area contributed by atoms with Crippen molar-refractivity contribution in [2.24, 2.45) is 0 Å². The molecule has 2 rings (SSSR count). The van der Waals surface area contributed by atoms with Crippen LogP contribution < -0.4 is 4.74 Å². The number of hydrogen-bond acceptors (Lipinski definition) is 2. The Morgan fingerprint density at radius 2 is 2.05 bits per heavy atom. The molecule has 0 radical (unpaired) electrons. The van der Waals surface area contributed by atoms with Gasteiger partial charge in [0.1, 0.15) is 18.2 Å². The van der Waals surface area contributed by atoms with E-state index in [1.165, 1.54) is 12.1 Å². The molecule has 0 heterocycles. The van der Waals surface area contributed by atoms with E-state index in [4.69, 9.17) is 21.4 Å². The van der Waals surface area contributed by atoms with Crippen molar-refractivity contribution >= 4 is 33.5 Å². The van der Waals surface area contributed by atoms with Crippen molar-refractivity contribution in [1.29, 1.82) is 0 Å². The summed E-state index contributed by atoms with van der Waals surface area (Å²) in [6, 6.07) is 8.89. The molecular weight excluding hydrogens is 351 g/mol. The quantitative estimate of drug-likeness (QED) is 0.873. The summed E-state index contributed by atoms with van der Waals surface area (Å²) in [6.07, 6.45) is 0. The van der Waals surface area contributed by atoms with E-state index in [-0.39, 0.29) is 12.2 Å². The molecule has 3 nitrogen and oxygen atoms in total. The number of hydrogen-bond donors (Lipinski definition) is 1. The van der Waals surface area contributed by atoms with Crippen molar-refractivity contribution in [3.63, 3.8) is 0 Å². The third-order valence-corrected chi connectivity index (χ3v) is 3.40. The fraction of sp³-hybridized carbons (Fsp3) is 0.0714. The normalized spacial score (nSPS) is 10.3. The zero-order chi connectivity index (χ0) is 14.7. The molecule has 0 aliphatic rings. The Hall–Kier alpha value is -1.59. The van der Waals surface area contributed by atoms with Gasteiger partial charge in [0.05, 0.1) is 10.0 Å². The number of carboxylic acids is 1. The molecule has 0 spiro atoms. The summed E-state index contributed by atoms with van der Waals surface area (Å²) in [5.74, 6) is -1.51. The lowest BCUT2D eigenvalue weighted by atomic mass is 10.1. The van der Waals surface area contributed by atoms with Crippen LogP contribution in [-0.4, -0.2) is 11.1 Å². The second-order valence-electron chi connectivity index (χ2n) is 3.98. The summed E-state index contributed by atoms with van der Waals surface area (Å²) in [7, 11) is 0. The van der Waals surface area contributed by atoms with Crippen molar-refractivity contribution in [2.75, 3.05) is 0 Å². The fourth-order valence-electron chi connectivity index (χ4n) is 1.58. The molecule has 0 aliphatic heterocycles. The monoisotopic (exact) mass is 358 g/mol. The van der Waals surface area contributed by atoms with Crippen LogP contribution in [0.3, 0.4) is 0 Å². The lowest BCUT2D eigenvalue weighted by Crippen LogP contribution is -2.03. The molecule has 6 heteroatoms. The maximum absolute atomic E-state index is 13.2. The molecule has 2 aromatic carbocycles. The number of rotatable bonds is 4. The Labute approximate surface area is 128 Å². The van der Waals surface area contributed by atoms with E-state index in [1.807, 2.05) is 0 Å². The average Bonchev–Trinajstić information content (AvgIpc) is 2.39. The molecule has 0 amide bonds. The first-order valence-electron chi connectivity index (χ1n) is 5.57. The number of halogens is 3. The minimum Gasteiger partial charge on any atom is -0.488 e. The van der Waals surface area contributed by atoms with Gasteiger partial charge in [0.25, 0.3) is 0 Å². The molecular formula is C14H9BrClFO3. The van der Waals surface area contributed by atoms with E-state index >= 15 is 0 Å². The minimum atomic E-state index is -1.31. The molecule has 0 aliphatic carbocycles. The van der Waals surface area contributed by atoms with Gasteiger partial charge in [0.2, 0.25) is 0 Å². The highest BCUT2D eigenvalue weighted by atomic mass is 79.9. The smallest absolute Gasteiger partial charge is 0.338 e. The number of aromatic carboxylic acids is 1. The van der Waals surface area contributed by atoms with Crippen molar-refractivity contribution in [1.82, 2.24) is 0 Å². The lowest BCUT2D eigenvalue weighted by molar-refractivity contribution is 0.0691. The summed E-state index contributed by atoms with van der Waals surface area (Å²) >= 11 is 9.12. The first kappa shape index (κ1) is 14.8. The Bertz CT molecular complexity index is 661. The topological polar surface area (TPSA) is 46.5 Å². The highest BCUT2D eigenvalue weighted by molar-refractivity contribution is 9.10. The first-order chi connectivity index (χ1) is 9.47. The predicted molar refractivity (Wildman–Crippen MR) is 76.8 cm³/mol. The van der Waals surface area contributed by atoms with Gasteiger partial charge >= 0.3 is 5.97 Å². The van der Waals surface area contributed by atoms with E-state index < -0.39 is 11.8 Å². The van der Waals surface area contributed by atoms with Crippen LogP contribution in [0.4, 0.5) is 4.39 Å². The van der Waals surface area contributed by atoms with Gasteiger partial charge in [0.15, 0.2) is 0 Å². The number of carboxylic acid groups (broad SMARTS) is 1. The predicted octanol–water partition coefficient (Wildman–Crippen LogP) is 4.52. The van der Waals surface area contributed by atoms with E-state index in [1.54, 1.807) is 18.2 Å². The third kappa shape index (κ3) is 3.49. The van der Waals surface area contributed by atoms with Crippen molar-refractivity contribution in [3.05, 3.63) is 62.8 Å². The van der Waals surface area contributed by atoms with E-state index in [9.17, 15) is 9.18 Å². The second-order valence-corrected chi connectivity index (χ2v) is 5.27. The van der Waals surface area contributed by atoms with E-state index in [0.717, 1.165) is 6.07 Å². The van der Waals surface area contributed by atoms with Gasteiger partial charge < -0.3 is 9.84 Å². The average molecular weight is 360 g/mol. The summed E-state index contributed by atoms with van der Waals surface area (Å²) in [5.41, 5.74) is 0.187. The number of benzene rings is 2. The zero-order valence-electron chi connectivity index (χ0n) is 10.1.